The Morgan fingerprint density at radius 1 is 1.00 bits per heavy atom. The summed E-state index contributed by atoms with van der Waals surface area (Å²) in [6, 6.07) is 17.3. The van der Waals surface area contributed by atoms with Crippen molar-refractivity contribution in [3.8, 4) is 5.75 Å². The summed E-state index contributed by atoms with van der Waals surface area (Å²) >= 11 is 0. The van der Waals surface area contributed by atoms with Crippen molar-refractivity contribution in [3.05, 3.63) is 65.7 Å². The molecule has 0 fully saturated rings. The van der Waals surface area contributed by atoms with Crippen LogP contribution in [-0.4, -0.2) is 37.0 Å². The molecule has 26 heavy (non-hydrogen) atoms. The molecule has 0 aliphatic heterocycles. The van der Waals surface area contributed by atoms with Gasteiger partial charge in [-0.05, 0) is 29.8 Å². The molecule has 0 saturated heterocycles. The molecule has 0 bridgehead atoms. The van der Waals surface area contributed by atoms with Gasteiger partial charge < -0.3 is 10.1 Å². The van der Waals surface area contributed by atoms with E-state index in [-0.39, 0.29) is 12.5 Å². The standard InChI is InChI=1S/C20H25N3O3/c1-3-23(14-19(24)22-20(25)21-2)13-16-9-11-18(12-10-16)26-15-17-7-5-4-6-8-17/h4-12H,3,13-15H2,1-2H3,(H2,21,22,24,25). The van der Waals surface area contributed by atoms with E-state index in [1.807, 2.05) is 66.4 Å². The van der Waals surface area contributed by atoms with Crippen LogP contribution in [-0.2, 0) is 17.9 Å². The molecule has 0 heterocycles. The molecule has 0 unspecified atom stereocenters. The Balaban J connectivity index is 1.84. The van der Waals surface area contributed by atoms with Crippen molar-refractivity contribution < 1.29 is 14.3 Å². The van der Waals surface area contributed by atoms with Crippen LogP contribution in [0.25, 0.3) is 0 Å². The molecule has 0 aromatic heterocycles. The van der Waals surface area contributed by atoms with E-state index in [4.69, 9.17) is 4.74 Å². The fourth-order valence-electron chi connectivity index (χ4n) is 2.40. The zero-order chi connectivity index (χ0) is 18.8. The SMILES string of the molecule is CCN(CC(=O)NC(=O)NC)Cc1ccc(OCc2ccccc2)cc1. The van der Waals surface area contributed by atoms with Gasteiger partial charge in [0.25, 0.3) is 0 Å². The van der Waals surface area contributed by atoms with Crippen LogP contribution in [0.5, 0.6) is 5.75 Å². The number of nitrogens with one attached hydrogen (secondary N) is 2. The van der Waals surface area contributed by atoms with Gasteiger partial charge in [-0.3, -0.25) is 15.0 Å². The lowest BCUT2D eigenvalue weighted by Gasteiger charge is -2.19. The average molecular weight is 355 g/mol. The van der Waals surface area contributed by atoms with E-state index >= 15 is 0 Å². The monoisotopic (exact) mass is 355 g/mol. The largest absolute Gasteiger partial charge is 0.489 e. The third-order valence-electron chi connectivity index (χ3n) is 3.87. The zero-order valence-corrected chi connectivity index (χ0v) is 15.2. The van der Waals surface area contributed by atoms with Crippen LogP contribution in [0.4, 0.5) is 4.79 Å². The first-order valence-electron chi connectivity index (χ1n) is 8.60. The average Bonchev–Trinajstić information content (AvgIpc) is 2.67. The van der Waals surface area contributed by atoms with Gasteiger partial charge in [0.2, 0.25) is 5.91 Å². The molecule has 138 valence electrons. The maximum absolute atomic E-state index is 11.8. The second kappa shape index (κ2) is 10.2. The van der Waals surface area contributed by atoms with Gasteiger partial charge in [-0.15, -0.1) is 0 Å². The van der Waals surface area contributed by atoms with Gasteiger partial charge in [-0.25, -0.2) is 4.79 Å². The highest BCUT2D eigenvalue weighted by molar-refractivity contribution is 5.95. The van der Waals surface area contributed by atoms with Crippen molar-refractivity contribution in [2.75, 3.05) is 20.1 Å². The summed E-state index contributed by atoms with van der Waals surface area (Å²) < 4.78 is 5.78. The molecule has 0 saturated carbocycles. The highest BCUT2D eigenvalue weighted by Gasteiger charge is 2.12. The number of benzene rings is 2. The van der Waals surface area contributed by atoms with Crippen molar-refractivity contribution in [3.63, 3.8) is 0 Å². The van der Waals surface area contributed by atoms with E-state index in [0.29, 0.717) is 19.7 Å². The zero-order valence-electron chi connectivity index (χ0n) is 15.2. The van der Waals surface area contributed by atoms with Gasteiger partial charge >= 0.3 is 6.03 Å². The first kappa shape index (κ1) is 19.5. The Morgan fingerprint density at radius 2 is 1.69 bits per heavy atom. The summed E-state index contributed by atoms with van der Waals surface area (Å²) in [5.41, 5.74) is 2.20. The number of urea groups is 1. The van der Waals surface area contributed by atoms with E-state index in [0.717, 1.165) is 16.9 Å². The molecule has 0 atom stereocenters. The van der Waals surface area contributed by atoms with Gasteiger partial charge in [-0.1, -0.05) is 49.4 Å². The lowest BCUT2D eigenvalue weighted by molar-refractivity contribution is -0.121. The van der Waals surface area contributed by atoms with Crippen LogP contribution in [0.15, 0.2) is 54.6 Å². The molecule has 6 nitrogen and oxygen atoms in total. The van der Waals surface area contributed by atoms with E-state index in [9.17, 15) is 9.59 Å². The van der Waals surface area contributed by atoms with Crippen LogP contribution in [0, 0.1) is 0 Å². The Morgan fingerprint density at radius 3 is 2.31 bits per heavy atom. The fourth-order valence-corrected chi connectivity index (χ4v) is 2.40. The van der Waals surface area contributed by atoms with Gasteiger partial charge in [-0.2, -0.15) is 0 Å². The number of carbonyl (C=O) groups excluding carboxylic acids is 2. The molecule has 0 aliphatic rings. The second-order valence-corrected chi connectivity index (χ2v) is 5.85. The van der Waals surface area contributed by atoms with Crippen molar-refractivity contribution in [1.29, 1.82) is 0 Å². The first-order chi connectivity index (χ1) is 12.6. The number of hydrogen-bond donors (Lipinski definition) is 2. The molecule has 6 heteroatoms. The Labute approximate surface area is 154 Å². The topological polar surface area (TPSA) is 70.7 Å². The number of imide groups is 1. The number of ether oxygens (including phenoxy) is 1. The molecule has 2 N–H and O–H groups in total. The summed E-state index contributed by atoms with van der Waals surface area (Å²) in [5, 5.41) is 4.63. The van der Waals surface area contributed by atoms with E-state index < -0.39 is 6.03 Å². The minimum atomic E-state index is -0.494. The molecule has 0 radical (unpaired) electrons. The quantitative estimate of drug-likeness (QED) is 0.763. The summed E-state index contributed by atoms with van der Waals surface area (Å²) in [5.74, 6) is 0.479. The molecule has 0 spiro atoms. The molecular weight excluding hydrogens is 330 g/mol. The number of likely N-dealkylation sites (N-methyl/N-ethyl adjacent to an activating group) is 1. The molecule has 2 aromatic carbocycles. The Bertz CT molecular complexity index is 702. The first-order valence-corrected chi connectivity index (χ1v) is 8.60. The van der Waals surface area contributed by atoms with Crippen molar-refractivity contribution in [1.82, 2.24) is 15.5 Å². The molecule has 2 aromatic rings. The maximum atomic E-state index is 11.8. The van der Waals surface area contributed by atoms with Crippen LogP contribution < -0.4 is 15.4 Å². The van der Waals surface area contributed by atoms with Crippen molar-refractivity contribution in [2.24, 2.45) is 0 Å². The minimum absolute atomic E-state index is 0.163. The molecule has 2 rings (SSSR count). The van der Waals surface area contributed by atoms with Crippen LogP contribution in [0.3, 0.4) is 0 Å². The molecule has 0 aliphatic carbocycles. The summed E-state index contributed by atoms with van der Waals surface area (Å²) in [7, 11) is 1.47. The van der Waals surface area contributed by atoms with Gasteiger partial charge in [0, 0.05) is 13.6 Å². The van der Waals surface area contributed by atoms with Crippen LogP contribution in [0.2, 0.25) is 0 Å². The van der Waals surface area contributed by atoms with Crippen molar-refractivity contribution >= 4 is 11.9 Å². The maximum Gasteiger partial charge on any atom is 0.321 e. The summed E-state index contributed by atoms with van der Waals surface area (Å²) in [4.78, 5) is 24.9. The summed E-state index contributed by atoms with van der Waals surface area (Å²) in [6.07, 6.45) is 0. The lowest BCUT2D eigenvalue weighted by atomic mass is 10.2. The number of rotatable bonds is 8. The van der Waals surface area contributed by atoms with Crippen LogP contribution in [0.1, 0.15) is 18.1 Å². The molecule has 3 amide bonds. The third-order valence-corrected chi connectivity index (χ3v) is 3.87. The van der Waals surface area contributed by atoms with Crippen LogP contribution >= 0.6 is 0 Å². The normalized spacial score (nSPS) is 10.4. The number of amides is 3. The van der Waals surface area contributed by atoms with Gasteiger partial charge in [0.05, 0.1) is 6.54 Å². The lowest BCUT2D eigenvalue weighted by Crippen LogP contribution is -2.43. The fraction of sp³-hybridized carbons (Fsp3) is 0.300. The Kier molecular flexibility index (Phi) is 7.64. The number of carbonyl (C=O) groups is 2. The van der Waals surface area contributed by atoms with E-state index in [1.54, 1.807) is 0 Å². The third kappa shape index (κ3) is 6.57. The summed E-state index contributed by atoms with van der Waals surface area (Å²) in [6.45, 7) is 3.99. The minimum Gasteiger partial charge on any atom is -0.489 e. The predicted molar refractivity (Wildman–Crippen MR) is 101 cm³/mol. The highest BCUT2D eigenvalue weighted by Crippen LogP contribution is 2.15. The van der Waals surface area contributed by atoms with Gasteiger partial charge in [0.15, 0.2) is 0 Å². The van der Waals surface area contributed by atoms with Gasteiger partial charge in [0.1, 0.15) is 12.4 Å². The Hall–Kier alpha value is -2.86. The highest BCUT2D eigenvalue weighted by atomic mass is 16.5. The smallest absolute Gasteiger partial charge is 0.321 e. The van der Waals surface area contributed by atoms with E-state index in [2.05, 4.69) is 10.6 Å². The number of hydrogen-bond acceptors (Lipinski definition) is 4. The second-order valence-electron chi connectivity index (χ2n) is 5.85. The predicted octanol–water partition coefficient (Wildman–Crippen LogP) is 2.54. The number of nitrogens with zero attached hydrogens (tertiary/aromatic N) is 1. The van der Waals surface area contributed by atoms with E-state index in [1.165, 1.54) is 7.05 Å². The van der Waals surface area contributed by atoms with Crippen molar-refractivity contribution in [2.45, 2.75) is 20.1 Å². The molecular formula is C20H25N3O3.